The van der Waals surface area contributed by atoms with Gasteiger partial charge >= 0.3 is 0 Å². The summed E-state index contributed by atoms with van der Waals surface area (Å²) in [4.78, 5) is 15.2. The molecule has 0 spiro atoms. The molecule has 1 aliphatic rings. The molecule has 6 nitrogen and oxygen atoms in total. The Morgan fingerprint density at radius 3 is 2.68 bits per heavy atom. The summed E-state index contributed by atoms with van der Waals surface area (Å²) in [6.07, 6.45) is 0.709. The molecule has 0 radical (unpaired) electrons. The van der Waals surface area contributed by atoms with Crippen molar-refractivity contribution in [3.63, 3.8) is 0 Å². The summed E-state index contributed by atoms with van der Waals surface area (Å²) in [5.41, 5.74) is 3.03. The third kappa shape index (κ3) is 4.31. The number of rotatable bonds is 7. The number of unbranched alkanes of at least 4 members (excludes halogenated alkanes) is 1. The van der Waals surface area contributed by atoms with Crippen LogP contribution >= 0.6 is 0 Å². The minimum Gasteiger partial charge on any atom is -0.497 e. The molecule has 1 heterocycles. The number of carbonyl (C=O) groups excluding carboxylic acids is 1. The number of hydrogen-bond acceptors (Lipinski definition) is 5. The normalized spacial score (nSPS) is 14.9. The van der Waals surface area contributed by atoms with Crippen LogP contribution in [0.2, 0.25) is 0 Å². The third-order valence-corrected chi connectivity index (χ3v) is 5.13. The summed E-state index contributed by atoms with van der Waals surface area (Å²) < 4.78 is 11.2. The molecule has 1 unspecified atom stereocenters. The first-order chi connectivity index (χ1) is 15.2. The largest absolute Gasteiger partial charge is 0.497 e. The highest BCUT2D eigenvalue weighted by atomic mass is 16.5. The molecule has 1 atom stereocenters. The van der Waals surface area contributed by atoms with Crippen LogP contribution in [0.3, 0.4) is 0 Å². The van der Waals surface area contributed by atoms with E-state index in [1.807, 2.05) is 72.8 Å². The van der Waals surface area contributed by atoms with Crippen molar-refractivity contribution in [2.45, 2.75) is 19.0 Å². The quantitative estimate of drug-likeness (QED) is 0.542. The first-order valence-electron chi connectivity index (χ1n) is 10.1. The molecule has 0 aromatic heterocycles. The van der Waals surface area contributed by atoms with E-state index < -0.39 is 6.17 Å². The number of carbonyl (C=O) groups is 1. The Morgan fingerprint density at radius 1 is 1.03 bits per heavy atom. The Labute approximate surface area is 181 Å². The van der Waals surface area contributed by atoms with E-state index in [0.29, 0.717) is 36.5 Å². The van der Waals surface area contributed by atoms with Crippen molar-refractivity contribution in [1.29, 1.82) is 5.26 Å². The fourth-order valence-corrected chi connectivity index (χ4v) is 3.63. The van der Waals surface area contributed by atoms with Crippen LogP contribution in [0, 0.1) is 11.3 Å². The van der Waals surface area contributed by atoms with Gasteiger partial charge in [-0.1, -0.05) is 30.3 Å². The van der Waals surface area contributed by atoms with Gasteiger partial charge in [-0.15, -0.1) is 0 Å². The van der Waals surface area contributed by atoms with E-state index in [-0.39, 0.29) is 5.91 Å². The van der Waals surface area contributed by atoms with Gasteiger partial charge in [0, 0.05) is 18.2 Å². The summed E-state index contributed by atoms with van der Waals surface area (Å²) in [5.74, 6) is 1.29. The number of fused-ring (bicyclic) bond motifs is 1. The van der Waals surface area contributed by atoms with E-state index in [1.165, 1.54) is 0 Å². The molecule has 1 aliphatic heterocycles. The number of ether oxygens (including phenoxy) is 2. The van der Waals surface area contributed by atoms with Gasteiger partial charge in [0.15, 0.2) is 0 Å². The van der Waals surface area contributed by atoms with Crippen molar-refractivity contribution in [3.05, 3.63) is 83.9 Å². The Kier molecular flexibility index (Phi) is 6.04. The van der Waals surface area contributed by atoms with Gasteiger partial charge in [0.05, 0.1) is 31.0 Å². The highest BCUT2D eigenvalue weighted by Gasteiger charge is 2.34. The molecular weight excluding hydrogens is 390 g/mol. The molecule has 0 saturated heterocycles. The van der Waals surface area contributed by atoms with Crippen molar-refractivity contribution in [1.82, 2.24) is 0 Å². The number of hydrogen-bond donors (Lipinski definition) is 1. The number of nitriles is 1. The zero-order valence-electron chi connectivity index (χ0n) is 17.2. The molecule has 156 valence electrons. The van der Waals surface area contributed by atoms with Crippen LogP contribution < -0.4 is 19.7 Å². The number of para-hydroxylation sites is 1. The maximum absolute atomic E-state index is 13.5. The standard InChI is InChI=1S/C25H23N3O3/c1-30-20-10-7-9-19(17-20)28-24(27-23-13-3-2-12-22(23)25(28)29)18-8-6-11-21(16-18)31-15-5-4-14-26/h2-3,6-13,16-17,24,27H,4-5,15H2,1H3. The fraction of sp³-hybridized carbons (Fsp3) is 0.200. The molecule has 31 heavy (non-hydrogen) atoms. The first-order valence-corrected chi connectivity index (χ1v) is 10.1. The van der Waals surface area contributed by atoms with E-state index >= 15 is 0 Å². The van der Waals surface area contributed by atoms with E-state index in [2.05, 4.69) is 11.4 Å². The molecule has 1 N–H and O–H groups in total. The lowest BCUT2D eigenvalue weighted by Crippen LogP contribution is -2.43. The molecule has 1 amide bonds. The number of benzene rings is 3. The molecule has 0 aliphatic carbocycles. The maximum Gasteiger partial charge on any atom is 0.262 e. The zero-order chi connectivity index (χ0) is 21.6. The lowest BCUT2D eigenvalue weighted by atomic mass is 10.0. The minimum absolute atomic E-state index is 0.0899. The third-order valence-electron chi connectivity index (χ3n) is 5.13. The van der Waals surface area contributed by atoms with Crippen molar-refractivity contribution in [2.75, 3.05) is 23.9 Å². The number of amides is 1. The monoisotopic (exact) mass is 413 g/mol. The van der Waals surface area contributed by atoms with E-state index in [1.54, 1.807) is 12.0 Å². The molecule has 3 aromatic carbocycles. The number of nitrogens with zero attached hydrogens (tertiary/aromatic N) is 2. The SMILES string of the molecule is COc1cccc(N2C(=O)c3ccccc3NC2c2cccc(OCCCC#N)c2)c1. The highest BCUT2D eigenvalue weighted by molar-refractivity contribution is 6.12. The molecule has 3 aromatic rings. The Bertz CT molecular complexity index is 1120. The predicted molar refractivity (Wildman–Crippen MR) is 119 cm³/mol. The highest BCUT2D eigenvalue weighted by Crippen LogP contribution is 2.38. The van der Waals surface area contributed by atoms with E-state index in [9.17, 15) is 4.79 Å². The lowest BCUT2D eigenvalue weighted by Gasteiger charge is -2.38. The van der Waals surface area contributed by atoms with E-state index in [0.717, 1.165) is 16.9 Å². The number of nitrogens with one attached hydrogen (secondary N) is 1. The second kappa shape index (κ2) is 9.23. The molecule has 0 bridgehead atoms. The second-order valence-corrected chi connectivity index (χ2v) is 7.15. The van der Waals surface area contributed by atoms with E-state index in [4.69, 9.17) is 14.7 Å². The van der Waals surface area contributed by atoms with Crippen LogP contribution in [-0.2, 0) is 0 Å². The van der Waals surface area contributed by atoms with Gasteiger partial charge in [0.25, 0.3) is 5.91 Å². The van der Waals surface area contributed by atoms with Gasteiger partial charge in [-0.2, -0.15) is 5.26 Å². The smallest absolute Gasteiger partial charge is 0.262 e. The topological polar surface area (TPSA) is 74.6 Å². The maximum atomic E-state index is 13.5. The molecule has 4 rings (SSSR count). The first kappa shape index (κ1) is 20.3. The average molecular weight is 413 g/mol. The molecule has 0 fully saturated rings. The summed E-state index contributed by atoms with van der Waals surface area (Å²) >= 11 is 0. The van der Waals surface area contributed by atoms with Crippen molar-refractivity contribution >= 4 is 17.3 Å². The Morgan fingerprint density at radius 2 is 1.84 bits per heavy atom. The van der Waals surface area contributed by atoms with Crippen LogP contribution in [0.5, 0.6) is 11.5 Å². The lowest BCUT2D eigenvalue weighted by molar-refractivity contribution is 0.0975. The van der Waals surface area contributed by atoms with Crippen LogP contribution in [0.1, 0.15) is 34.9 Å². The van der Waals surface area contributed by atoms with Gasteiger partial charge < -0.3 is 14.8 Å². The zero-order valence-corrected chi connectivity index (χ0v) is 17.2. The fourth-order valence-electron chi connectivity index (χ4n) is 3.63. The van der Waals surface area contributed by atoms with Crippen LogP contribution in [0.25, 0.3) is 0 Å². The Balaban J connectivity index is 1.72. The molecular formula is C25H23N3O3. The summed E-state index contributed by atoms with van der Waals surface area (Å²) in [5, 5.41) is 12.2. The van der Waals surface area contributed by atoms with Gasteiger partial charge in [-0.25, -0.2) is 0 Å². The number of methoxy groups -OCH3 is 1. The van der Waals surface area contributed by atoms with Crippen molar-refractivity contribution in [3.8, 4) is 17.6 Å². The molecule has 6 heteroatoms. The number of anilines is 2. The Hall–Kier alpha value is -3.98. The van der Waals surface area contributed by atoms with Gasteiger partial charge in [-0.3, -0.25) is 9.69 Å². The predicted octanol–water partition coefficient (Wildman–Crippen LogP) is 5.15. The minimum atomic E-state index is -0.419. The van der Waals surface area contributed by atoms with Crippen molar-refractivity contribution in [2.24, 2.45) is 0 Å². The van der Waals surface area contributed by atoms with Crippen molar-refractivity contribution < 1.29 is 14.3 Å². The summed E-state index contributed by atoms with van der Waals surface area (Å²) in [6, 6.07) is 24.8. The molecule has 0 saturated carbocycles. The second-order valence-electron chi connectivity index (χ2n) is 7.15. The van der Waals surface area contributed by atoms with Gasteiger partial charge in [0.2, 0.25) is 0 Å². The summed E-state index contributed by atoms with van der Waals surface area (Å²) in [7, 11) is 1.61. The summed E-state index contributed by atoms with van der Waals surface area (Å²) in [6.45, 7) is 0.469. The van der Waals surface area contributed by atoms with Gasteiger partial charge in [0.1, 0.15) is 17.7 Å². The van der Waals surface area contributed by atoms with Crippen LogP contribution in [0.4, 0.5) is 11.4 Å². The van der Waals surface area contributed by atoms with Gasteiger partial charge in [-0.05, 0) is 48.4 Å². The average Bonchev–Trinajstić information content (AvgIpc) is 2.82. The van der Waals surface area contributed by atoms with Crippen LogP contribution in [-0.4, -0.2) is 19.6 Å². The van der Waals surface area contributed by atoms with Crippen LogP contribution in [0.15, 0.2) is 72.8 Å².